The molecule has 0 aliphatic heterocycles. The third-order valence-corrected chi connectivity index (χ3v) is 5.33. The van der Waals surface area contributed by atoms with Gasteiger partial charge in [-0.3, -0.25) is 4.79 Å². The molecule has 0 spiro atoms. The van der Waals surface area contributed by atoms with Crippen molar-refractivity contribution in [2.24, 2.45) is 0 Å². The lowest BCUT2D eigenvalue weighted by molar-refractivity contribution is 0.0945. The number of benzene rings is 1. The number of fused-ring (bicyclic) bond motifs is 1. The smallest absolute Gasteiger partial charge is 0.257 e. The van der Waals surface area contributed by atoms with Crippen LogP contribution < -0.4 is 15.8 Å². The van der Waals surface area contributed by atoms with Crippen LogP contribution in [0, 0.1) is 0 Å². The van der Waals surface area contributed by atoms with E-state index in [1.165, 1.54) is 6.20 Å². The van der Waals surface area contributed by atoms with E-state index in [4.69, 9.17) is 22.1 Å². The fourth-order valence-electron chi connectivity index (χ4n) is 3.34. The predicted octanol–water partition coefficient (Wildman–Crippen LogP) is 3.91. The van der Waals surface area contributed by atoms with Crippen LogP contribution in [0.3, 0.4) is 0 Å². The number of nitrogens with two attached hydrogens (primary N) is 1. The highest BCUT2D eigenvalue weighted by molar-refractivity contribution is 6.30. The maximum atomic E-state index is 12.8. The Morgan fingerprint density at radius 1 is 1.19 bits per heavy atom. The quantitative estimate of drug-likeness (QED) is 0.463. The number of halogens is 1. The van der Waals surface area contributed by atoms with Gasteiger partial charge in [-0.15, -0.1) is 0 Å². The molecule has 0 unspecified atom stereocenters. The minimum absolute atomic E-state index is 0.289. The van der Waals surface area contributed by atoms with Crippen molar-refractivity contribution in [2.45, 2.75) is 26.8 Å². The van der Waals surface area contributed by atoms with Crippen molar-refractivity contribution in [3.63, 3.8) is 0 Å². The second-order valence-electron chi connectivity index (χ2n) is 7.17. The van der Waals surface area contributed by atoms with Crippen molar-refractivity contribution >= 4 is 34.1 Å². The van der Waals surface area contributed by atoms with Gasteiger partial charge in [-0.2, -0.15) is 0 Å². The number of pyridine rings is 2. The Balaban J connectivity index is 1.63. The number of carbonyl (C=O) groups is 1. The summed E-state index contributed by atoms with van der Waals surface area (Å²) in [5, 5.41) is 5.16. The molecule has 7 nitrogen and oxygen atoms in total. The van der Waals surface area contributed by atoms with Crippen LogP contribution in [-0.2, 0) is 6.54 Å². The Morgan fingerprint density at radius 3 is 2.77 bits per heavy atom. The zero-order valence-corrected chi connectivity index (χ0v) is 18.7. The topological polar surface area (TPSA) is 93.4 Å². The molecule has 164 valence electrons. The van der Waals surface area contributed by atoms with Crippen molar-refractivity contribution in [3.05, 3.63) is 58.9 Å². The average Bonchev–Trinajstić information content (AvgIpc) is 2.78. The highest BCUT2D eigenvalue weighted by atomic mass is 35.5. The molecular formula is C23H28ClN5O2. The number of nitrogens with zero attached hydrogens (tertiary/aromatic N) is 3. The zero-order chi connectivity index (χ0) is 22.2. The van der Waals surface area contributed by atoms with Crippen LogP contribution in [0.25, 0.3) is 10.8 Å². The summed E-state index contributed by atoms with van der Waals surface area (Å²) < 4.78 is 5.80. The molecule has 1 aromatic carbocycles. The average molecular weight is 442 g/mol. The molecule has 8 heteroatoms. The number of amides is 1. The maximum absolute atomic E-state index is 12.8. The summed E-state index contributed by atoms with van der Waals surface area (Å²) in [5.41, 5.74) is 7.17. The Hall–Kier alpha value is -2.90. The Kier molecular flexibility index (Phi) is 8.03. The largest absolute Gasteiger partial charge is 0.477 e. The second kappa shape index (κ2) is 10.9. The summed E-state index contributed by atoms with van der Waals surface area (Å²) in [7, 11) is 0. The van der Waals surface area contributed by atoms with Crippen molar-refractivity contribution in [3.8, 4) is 5.88 Å². The van der Waals surface area contributed by atoms with Gasteiger partial charge in [0.15, 0.2) is 0 Å². The van der Waals surface area contributed by atoms with E-state index in [0.29, 0.717) is 35.4 Å². The van der Waals surface area contributed by atoms with E-state index in [2.05, 4.69) is 34.0 Å². The van der Waals surface area contributed by atoms with Crippen molar-refractivity contribution < 1.29 is 9.53 Å². The maximum Gasteiger partial charge on any atom is 0.257 e. The summed E-state index contributed by atoms with van der Waals surface area (Å²) in [6, 6.07) is 9.28. The fraction of sp³-hybridized carbons (Fsp3) is 0.348. The van der Waals surface area contributed by atoms with Crippen molar-refractivity contribution in [1.29, 1.82) is 0 Å². The van der Waals surface area contributed by atoms with Gasteiger partial charge in [0.1, 0.15) is 11.4 Å². The van der Waals surface area contributed by atoms with Gasteiger partial charge in [-0.1, -0.05) is 37.6 Å². The molecule has 1 amide bonds. The lowest BCUT2D eigenvalue weighted by Crippen LogP contribution is -2.26. The minimum Gasteiger partial charge on any atom is -0.477 e. The van der Waals surface area contributed by atoms with Gasteiger partial charge in [0, 0.05) is 30.9 Å². The number of aromatic nitrogens is 2. The summed E-state index contributed by atoms with van der Waals surface area (Å²) in [5.74, 6) is 0.489. The number of nitrogens with one attached hydrogen (secondary N) is 1. The summed E-state index contributed by atoms with van der Waals surface area (Å²) in [4.78, 5) is 23.4. The molecule has 3 aromatic rings. The highest BCUT2D eigenvalue weighted by Gasteiger charge is 2.15. The molecule has 3 N–H and O–H groups in total. The first-order valence-corrected chi connectivity index (χ1v) is 10.8. The lowest BCUT2D eigenvalue weighted by atomic mass is 10.1. The van der Waals surface area contributed by atoms with Gasteiger partial charge < -0.3 is 20.7 Å². The zero-order valence-electron chi connectivity index (χ0n) is 17.9. The number of anilines is 1. The number of nitrogen functional groups attached to an aromatic ring is 1. The van der Waals surface area contributed by atoms with Crippen LogP contribution in [0.1, 0.15) is 36.2 Å². The lowest BCUT2D eigenvalue weighted by Gasteiger charge is -2.18. The predicted molar refractivity (Wildman–Crippen MR) is 124 cm³/mol. The molecule has 0 bridgehead atoms. The summed E-state index contributed by atoms with van der Waals surface area (Å²) in [6.45, 7) is 8.03. The first-order valence-electron chi connectivity index (χ1n) is 10.4. The van der Waals surface area contributed by atoms with E-state index in [1.54, 1.807) is 12.3 Å². The molecule has 0 saturated carbocycles. The van der Waals surface area contributed by atoms with Gasteiger partial charge in [-0.05, 0) is 48.7 Å². The van der Waals surface area contributed by atoms with Gasteiger partial charge in [0.25, 0.3) is 5.91 Å². The molecule has 0 atom stereocenters. The number of carbonyl (C=O) groups excluding carboxylic acids is 1. The van der Waals surface area contributed by atoms with Gasteiger partial charge >= 0.3 is 0 Å². The number of ether oxygens (including phenoxy) is 1. The Morgan fingerprint density at radius 2 is 2.00 bits per heavy atom. The highest BCUT2D eigenvalue weighted by Crippen LogP contribution is 2.22. The molecule has 0 saturated heterocycles. The summed E-state index contributed by atoms with van der Waals surface area (Å²) >= 11 is 6.08. The summed E-state index contributed by atoms with van der Waals surface area (Å²) in [6.07, 6.45) is 4.00. The molecule has 0 fully saturated rings. The van der Waals surface area contributed by atoms with Gasteiger partial charge in [0.2, 0.25) is 5.88 Å². The monoisotopic (exact) mass is 441 g/mol. The van der Waals surface area contributed by atoms with E-state index >= 15 is 0 Å². The van der Waals surface area contributed by atoms with Crippen LogP contribution in [0.4, 0.5) is 5.82 Å². The molecule has 31 heavy (non-hydrogen) atoms. The van der Waals surface area contributed by atoms with Crippen LogP contribution in [0.15, 0.2) is 42.7 Å². The van der Waals surface area contributed by atoms with Crippen LogP contribution >= 0.6 is 11.6 Å². The van der Waals surface area contributed by atoms with Crippen LogP contribution in [-0.4, -0.2) is 47.0 Å². The van der Waals surface area contributed by atoms with Crippen molar-refractivity contribution in [2.75, 3.05) is 32.0 Å². The molecule has 0 radical (unpaired) electrons. The fourth-order valence-corrected chi connectivity index (χ4v) is 3.50. The van der Waals surface area contributed by atoms with E-state index in [9.17, 15) is 4.79 Å². The third kappa shape index (κ3) is 6.06. The third-order valence-electron chi connectivity index (χ3n) is 5.13. The molecule has 0 aliphatic carbocycles. The van der Waals surface area contributed by atoms with Gasteiger partial charge in [-0.25, -0.2) is 9.97 Å². The first kappa shape index (κ1) is 22.8. The molecule has 2 heterocycles. The number of hydrogen-bond donors (Lipinski definition) is 2. The van der Waals surface area contributed by atoms with E-state index in [-0.39, 0.29) is 5.91 Å². The Bertz CT molecular complexity index is 1040. The van der Waals surface area contributed by atoms with Crippen LogP contribution in [0.2, 0.25) is 5.02 Å². The molecule has 3 rings (SSSR count). The van der Waals surface area contributed by atoms with E-state index in [0.717, 1.165) is 42.4 Å². The van der Waals surface area contributed by atoms with E-state index < -0.39 is 0 Å². The minimum atomic E-state index is -0.289. The van der Waals surface area contributed by atoms with Crippen LogP contribution in [0.5, 0.6) is 5.88 Å². The first-order chi connectivity index (χ1) is 15.0. The molecule has 0 aliphatic rings. The molecule has 2 aromatic heterocycles. The SMILES string of the molecule is CCN(CC)CCCOc1ncc(Cl)cc1C(=O)NCc1ccc2c(N)nccc2c1. The molecular weight excluding hydrogens is 414 g/mol. The van der Waals surface area contributed by atoms with Gasteiger partial charge in [0.05, 0.1) is 11.6 Å². The number of rotatable bonds is 10. The van der Waals surface area contributed by atoms with Crippen molar-refractivity contribution in [1.82, 2.24) is 20.2 Å². The Labute approximate surface area is 187 Å². The normalized spacial score (nSPS) is 11.1. The van der Waals surface area contributed by atoms with E-state index in [1.807, 2.05) is 24.3 Å². The standard InChI is InChI=1S/C23H28ClN5O2/c1-3-29(4-2)10-5-11-31-23-20(13-18(24)15-28-23)22(30)27-14-16-6-7-19-17(12-16)8-9-26-21(19)25/h6-9,12-13,15H,3-5,10-11,14H2,1-2H3,(H2,25,26)(H,27,30). The number of hydrogen-bond acceptors (Lipinski definition) is 6. The second-order valence-corrected chi connectivity index (χ2v) is 7.61.